The predicted molar refractivity (Wildman–Crippen MR) is 54.3 cm³/mol. The van der Waals surface area contributed by atoms with Crippen molar-refractivity contribution < 1.29 is 14.4 Å². The van der Waals surface area contributed by atoms with Crippen molar-refractivity contribution in [1.29, 1.82) is 0 Å². The van der Waals surface area contributed by atoms with E-state index in [1.807, 2.05) is 0 Å². The smallest absolute Gasteiger partial charge is 0.378 e. The van der Waals surface area contributed by atoms with Crippen LogP contribution in [0.5, 0.6) is 0 Å². The first-order chi connectivity index (χ1) is 7.27. The molecule has 1 aliphatic rings. The van der Waals surface area contributed by atoms with Gasteiger partial charge in [0.05, 0.1) is 19.4 Å². The molecule has 1 aromatic heterocycles. The fourth-order valence-electron chi connectivity index (χ4n) is 1.23. The van der Waals surface area contributed by atoms with E-state index >= 15 is 0 Å². The lowest BCUT2D eigenvalue weighted by Crippen LogP contribution is -2.44. The van der Waals surface area contributed by atoms with Gasteiger partial charge in [-0.1, -0.05) is 0 Å². The van der Waals surface area contributed by atoms with Crippen molar-refractivity contribution in [3.05, 3.63) is 17.1 Å². The van der Waals surface area contributed by atoms with Gasteiger partial charge in [-0.2, -0.15) is 4.73 Å². The molecule has 0 unspecified atom stereocenters. The fourth-order valence-corrected chi connectivity index (χ4v) is 1.54. The van der Waals surface area contributed by atoms with Gasteiger partial charge in [-0.3, -0.25) is 0 Å². The molecule has 0 aromatic carbocycles. The van der Waals surface area contributed by atoms with Gasteiger partial charge in [-0.15, -0.1) is 0 Å². The predicted octanol–water partition coefficient (Wildman–Crippen LogP) is 0.526. The summed E-state index contributed by atoms with van der Waals surface area (Å²) in [7, 11) is 0. The molecule has 2 heterocycles. The van der Waals surface area contributed by atoms with Crippen LogP contribution >= 0.6 is 15.9 Å². The summed E-state index contributed by atoms with van der Waals surface area (Å²) in [6.07, 6.45) is 2.70. The van der Waals surface area contributed by atoms with Gasteiger partial charge < -0.3 is 14.5 Å². The lowest BCUT2D eigenvalue weighted by atomic mass is 10.5. The highest BCUT2D eigenvalue weighted by Gasteiger charge is 2.19. The Balaban J connectivity index is 1.94. The molecule has 1 aliphatic heterocycles. The van der Waals surface area contributed by atoms with Crippen molar-refractivity contribution in [2.75, 3.05) is 26.3 Å². The number of morpholine rings is 1. The Labute approximate surface area is 94.9 Å². The SMILES string of the molecule is O=C(On1ccnc1Br)N1CCOCC1. The minimum Gasteiger partial charge on any atom is -0.378 e. The van der Waals surface area contributed by atoms with Gasteiger partial charge in [0.2, 0.25) is 4.73 Å². The lowest BCUT2D eigenvalue weighted by Gasteiger charge is -2.25. The van der Waals surface area contributed by atoms with Crippen molar-refractivity contribution in [2.24, 2.45) is 0 Å². The Hall–Kier alpha value is -1.08. The molecule has 1 amide bonds. The van der Waals surface area contributed by atoms with E-state index in [0.717, 1.165) is 0 Å². The first kappa shape index (κ1) is 10.4. The van der Waals surface area contributed by atoms with Gasteiger partial charge in [0.15, 0.2) is 0 Å². The van der Waals surface area contributed by atoms with Gasteiger partial charge in [-0.05, 0) is 15.9 Å². The maximum atomic E-state index is 11.6. The van der Waals surface area contributed by atoms with Crippen molar-refractivity contribution in [2.45, 2.75) is 0 Å². The van der Waals surface area contributed by atoms with Crippen molar-refractivity contribution >= 4 is 22.0 Å². The van der Waals surface area contributed by atoms with E-state index in [0.29, 0.717) is 31.0 Å². The molecule has 1 fully saturated rings. The monoisotopic (exact) mass is 275 g/mol. The molecule has 15 heavy (non-hydrogen) atoms. The molecule has 1 saturated heterocycles. The van der Waals surface area contributed by atoms with Crippen molar-refractivity contribution in [3.8, 4) is 0 Å². The summed E-state index contributed by atoms with van der Waals surface area (Å²) in [5.74, 6) is 0. The average molecular weight is 276 g/mol. The third kappa shape index (κ3) is 2.48. The van der Waals surface area contributed by atoms with Gasteiger partial charge in [0.1, 0.15) is 0 Å². The number of ether oxygens (including phenoxy) is 1. The minimum absolute atomic E-state index is 0.392. The topological polar surface area (TPSA) is 56.6 Å². The maximum absolute atomic E-state index is 11.6. The average Bonchev–Trinajstić information content (AvgIpc) is 2.66. The van der Waals surface area contributed by atoms with Crippen molar-refractivity contribution in [1.82, 2.24) is 14.6 Å². The highest BCUT2D eigenvalue weighted by molar-refractivity contribution is 9.10. The number of nitrogens with zero attached hydrogens (tertiary/aromatic N) is 3. The molecule has 0 aliphatic carbocycles. The van der Waals surface area contributed by atoms with Crippen LogP contribution in [0.3, 0.4) is 0 Å². The highest BCUT2D eigenvalue weighted by atomic mass is 79.9. The Kier molecular flexibility index (Phi) is 3.22. The summed E-state index contributed by atoms with van der Waals surface area (Å²) in [6.45, 7) is 2.23. The van der Waals surface area contributed by atoms with Gasteiger partial charge >= 0.3 is 6.09 Å². The Bertz CT molecular complexity index is 349. The Morgan fingerprint density at radius 3 is 2.87 bits per heavy atom. The molecule has 82 valence electrons. The standard InChI is InChI=1S/C8H10BrN3O3/c9-7-10-1-2-12(7)15-8(13)11-3-5-14-6-4-11/h1-2H,3-6H2. The summed E-state index contributed by atoms with van der Waals surface area (Å²) in [5, 5.41) is 0. The summed E-state index contributed by atoms with van der Waals surface area (Å²) >= 11 is 3.15. The first-order valence-corrected chi connectivity index (χ1v) is 5.30. The molecule has 7 heteroatoms. The second-order valence-corrected chi connectivity index (χ2v) is 3.69. The van der Waals surface area contributed by atoms with E-state index in [-0.39, 0.29) is 0 Å². The number of carbonyl (C=O) groups is 1. The second kappa shape index (κ2) is 4.63. The number of hydrogen-bond donors (Lipinski definition) is 0. The summed E-state index contributed by atoms with van der Waals surface area (Å²) < 4.78 is 6.87. The number of aromatic nitrogens is 2. The minimum atomic E-state index is -0.392. The molecular weight excluding hydrogens is 266 g/mol. The zero-order valence-corrected chi connectivity index (χ0v) is 9.51. The molecule has 0 radical (unpaired) electrons. The van der Waals surface area contributed by atoms with Crippen LogP contribution < -0.4 is 4.84 Å². The molecule has 0 spiro atoms. The van der Waals surface area contributed by atoms with Crippen LogP contribution in [0.1, 0.15) is 0 Å². The number of halogens is 1. The van der Waals surface area contributed by atoms with Crippen LogP contribution in [-0.4, -0.2) is 47.0 Å². The van der Waals surface area contributed by atoms with E-state index in [1.54, 1.807) is 11.1 Å². The highest BCUT2D eigenvalue weighted by Crippen LogP contribution is 2.05. The van der Waals surface area contributed by atoms with Gasteiger partial charge in [0.25, 0.3) is 0 Å². The molecule has 6 nitrogen and oxygen atoms in total. The number of amides is 1. The third-order valence-corrected chi connectivity index (χ3v) is 2.56. The zero-order chi connectivity index (χ0) is 10.7. The summed E-state index contributed by atoms with van der Waals surface area (Å²) in [5.41, 5.74) is 0. The van der Waals surface area contributed by atoms with Gasteiger partial charge in [0, 0.05) is 19.3 Å². The second-order valence-electron chi connectivity index (χ2n) is 2.98. The molecule has 0 N–H and O–H groups in total. The van der Waals surface area contributed by atoms with Gasteiger partial charge in [-0.25, -0.2) is 9.78 Å². The Morgan fingerprint density at radius 1 is 1.53 bits per heavy atom. The molecule has 2 rings (SSSR count). The number of rotatable bonds is 1. The van der Waals surface area contributed by atoms with Crippen LogP contribution in [0.4, 0.5) is 4.79 Å². The van der Waals surface area contributed by atoms with Crippen LogP contribution in [0.2, 0.25) is 0 Å². The van der Waals surface area contributed by atoms with E-state index in [9.17, 15) is 4.79 Å². The molecule has 1 aromatic rings. The van der Waals surface area contributed by atoms with E-state index < -0.39 is 6.09 Å². The first-order valence-electron chi connectivity index (χ1n) is 4.51. The molecule has 0 saturated carbocycles. The Morgan fingerprint density at radius 2 is 2.27 bits per heavy atom. The van der Waals surface area contributed by atoms with E-state index in [2.05, 4.69) is 20.9 Å². The number of hydrogen-bond acceptors (Lipinski definition) is 4. The van der Waals surface area contributed by atoms with E-state index in [4.69, 9.17) is 9.57 Å². The third-order valence-electron chi connectivity index (χ3n) is 2.01. The number of carbonyl (C=O) groups excluding carboxylic acids is 1. The van der Waals surface area contributed by atoms with Crippen LogP contribution in [0.15, 0.2) is 17.1 Å². The van der Waals surface area contributed by atoms with E-state index in [1.165, 1.54) is 10.9 Å². The largest absolute Gasteiger partial charge is 0.434 e. The maximum Gasteiger partial charge on any atom is 0.434 e. The molecule has 0 atom stereocenters. The molecular formula is C8H10BrN3O3. The number of imidazole rings is 1. The van der Waals surface area contributed by atoms with Crippen LogP contribution in [-0.2, 0) is 4.74 Å². The lowest BCUT2D eigenvalue weighted by molar-refractivity contribution is 0.0236. The normalized spacial score (nSPS) is 16.5. The summed E-state index contributed by atoms with van der Waals surface area (Å²) in [4.78, 5) is 22.1. The fraction of sp³-hybridized carbons (Fsp3) is 0.500. The van der Waals surface area contributed by atoms with Crippen LogP contribution in [0, 0.1) is 0 Å². The summed E-state index contributed by atoms with van der Waals surface area (Å²) in [6, 6.07) is 0. The molecule has 0 bridgehead atoms. The zero-order valence-electron chi connectivity index (χ0n) is 7.93. The van der Waals surface area contributed by atoms with Crippen molar-refractivity contribution in [3.63, 3.8) is 0 Å². The quantitative estimate of drug-likeness (QED) is 0.750. The van der Waals surface area contributed by atoms with Crippen LogP contribution in [0.25, 0.3) is 0 Å².